The molecule has 2 heterocycles. The Hall–Kier alpha value is -1.92. The lowest BCUT2D eigenvalue weighted by molar-refractivity contribution is -0.125. The van der Waals surface area contributed by atoms with Crippen molar-refractivity contribution in [3.8, 4) is 0 Å². The minimum absolute atomic E-state index is 0.0162. The Balaban J connectivity index is 1.83. The molecular weight excluding hydrogens is 366 g/mol. The number of likely N-dealkylation sites (tertiary alicyclic amines) is 1. The smallest absolute Gasteiger partial charge is 0.236 e. The lowest BCUT2D eigenvalue weighted by Gasteiger charge is -2.44. The number of primary amides is 1. The van der Waals surface area contributed by atoms with Crippen molar-refractivity contribution in [3.05, 3.63) is 29.8 Å². The van der Waals surface area contributed by atoms with Gasteiger partial charge in [0.15, 0.2) is 0 Å². The Morgan fingerprint density at radius 1 is 1.24 bits per heavy atom. The second-order valence-electron chi connectivity index (χ2n) is 10.3. The molecule has 2 fully saturated rings. The van der Waals surface area contributed by atoms with Gasteiger partial charge in [0.1, 0.15) is 0 Å². The molecule has 3 aliphatic rings. The predicted octanol–water partition coefficient (Wildman–Crippen LogP) is 2.54. The van der Waals surface area contributed by atoms with Gasteiger partial charge in [0, 0.05) is 17.8 Å². The van der Waals surface area contributed by atoms with Crippen LogP contribution < -0.4 is 11.1 Å². The fourth-order valence-corrected chi connectivity index (χ4v) is 5.86. The molecule has 6 nitrogen and oxygen atoms in total. The number of carbonyl (C=O) groups is 2. The number of nitrogens with one attached hydrogen (secondary N) is 1. The molecule has 1 aliphatic carbocycles. The number of para-hydroxylation sites is 1. The van der Waals surface area contributed by atoms with Gasteiger partial charge in [-0.05, 0) is 55.6 Å². The summed E-state index contributed by atoms with van der Waals surface area (Å²) >= 11 is 0. The Morgan fingerprint density at radius 3 is 2.52 bits per heavy atom. The molecule has 1 spiro atoms. The highest BCUT2D eigenvalue weighted by Gasteiger charge is 2.63. The average molecular weight is 400 g/mol. The standard InChI is InChI=1S/C23H33N3O3/c1-22(2,3)13-19-23(16-6-4-5-7-17(16)25-21(23)29)12-18(20(24)28)26(19)14-8-10-15(27)11-9-14/h4-7,14-15,18-19,27H,8-13H2,1-3H3,(H2,24,28)(H,25,29). The van der Waals surface area contributed by atoms with Crippen LogP contribution in [0.2, 0.25) is 0 Å². The highest BCUT2D eigenvalue weighted by Crippen LogP contribution is 2.54. The summed E-state index contributed by atoms with van der Waals surface area (Å²) in [6.07, 6.45) is 4.04. The van der Waals surface area contributed by atoms with Crippen LogP contribution in [-0.2, 0) is 15.0 Å². The molecule has 3 unspecified atom stereocenters. The van der Waals surface area contributed by atoms with Gasteiger partial charge in [0.05, 0.1) is 17.6 Å². The number of hydrogen-bond acceptors (Lipinski definition) is 4. The van der Waals surface area contributed by atoms with E-state index in [0.29, 0.717) is 6.42 Å². The number of amides is 2. The molecular formula is C23H33N3O3. The number of anilines is 1. The van der Waals surface area contributed by atoms with Gasteiger partial charge in [-0.25, -0.2) is 0 Å². The quantitative estimate of drug-likeness (QED) is 0.728. The minimum atomic E-state index is -0.764. The van der Waals surface area contributed by atoms with E-state index in [0.717, 1.165) is 43.4 Å². The third-order valence-corrected chi connectivity index (χ3v) is 7.09. The zero-order valence-electron chi connectivity index (χ0n) is 17.6. The largest absolute Gasteiger partial charge is 0.393 e. The zero-order valence-corrected chi connectivity index (χ0v) is 17.6. The molecule has 1 aromatic carbocycles. The Kier molecular flexibility index (Phi) is 4.98. The van der Waals surface area contributed by atoms with Crippen LogP contribution in [0.15, 0.2) is 24.3 Å². The summed E-state index contributed by atoms with van der Waals surface area (Å²) in [4.78, 5) is 28.3. The fraction of sp³-hybridized carbons (Fsp3) is 0.652. The Bertz CT molecular complexity index is 810. The first-order valence-corrected chi connectivity index (χ1v) is 10.8. The van der Waals surface area contributed by atoms with Gasteiger partial charge >= 0.3 is 0 Å². The molecule has 0 bridgehead atoms. The third kappa shape index (κ3) is 3.36. The summed E-state index contributed by atoms with van der Waals surface area (Å²) in [5.74, 6) is -0.373. The van der Waals surface area contributed by atoms with Crippen LogP contribution in [0.1, 0.15) is 64.9 Å². The highest BCUT2D eigenvalue weighted by molar-refractivity contribution is 6.08. The van der Waals surface area contributed by atoms with Gasteiger partial charge in [-0.3, -0.25) is 14.5 Å². The molecule has 6 heteroatoms. The molecule has 1 saturated carbocycles. The number of nitrogens with zero attached hydrogens (tertiary/aromatic N) is 1. The molecule has 29 heavy (non-hydrogen) atoms. The summed E-state index contributed by atoms with van der Waals surface area (Å²) < 4.78 is 0. The molecule has 1 saturated heterocycles. The topological polar surface area (TPSA) is 95.7 Å². The number of aliphatic hydroxyl groups is 1. The maximum Gasteiger partial charge on any atom is 0.236 e. The van der Waals surface area contributed by atoms with Gasteiger partial charge in [0.25, 0.3) is 0 Å². The van der Waals surface area contributed by atoms with Crippen LogP contribution in [0.25, 0.3) is 0 Å². The van der Waals surface area contributed by atoms with Crippen molar-refractivity contribution >= 4 is 17.5 Å². The van der Waals surface area contributed by atoms with Crippen LogP contribution in [0.4, 0.5) is 5.69 Å². The zero-order chi connectivity index (χ0) is 21.0. The average Bonchev–Trinajstić information content (AvgIpc) is 3.12. The van der Waals surface area contributed by atoms with Crippen LogP contribution >= 0.6 is 0 Å². The molecule has 3 atom stereocenters. The van der Waals surface area contributed by atoms with Crippen molar-refractivity contribution in [1.82, 2.24) is 4.90 Å². The molecule has 4 N–H and O–H groups in total. The van der Waals surface area contributed by atoms with Crippen molar-refractivity contribution in [1.29, 1.82) is 0 Å². The van der Waals surface area contributed by atoms with Crippen molar-refractivity contribution in [2.24, 2.45) is 11.1 Å². The Labute approximate surface area is 172 Å². The summed E-state index contributed by atoms with van der Waals surface area (Å²) in [6, 6.07) is 7.43. The SMILES string of the molecule is CC(C)(C)CC1N(C2CCC(O)CC2)C(C(N)=O)CC12C(=O)Nc1ccccc12. The second kappa shape index (κ2) is 7.10. The van der Waals surface area contributed by atoms with E-state index in [-0.39, 0.29) is 35.4 Å². The second-order valence-corrected chi connectivity index (χ2v) is 10.3. The molecule has 0 radical (unpaired) electrons. The Morgan fingerprint density at radius 2 is 1.90 bits per heavy atom. The third-order valence-electron chi connectivity index (χ3n) is 7.09. The molecule has 1 aromatic rings. The summed E-state index contributed by atoms with van der Waals surface area (Å²) in [5, 5.41) is 13.1. The predicted molar refractivity (Wildman–Crippen MR) is 112 cm³/mol. The van der Waals surface area contributed by atoms with Gasteiger partial charge in [-0.1, -0.05) is 39.0 Å². The number of aliphatic hydroxyl groups excluding tert-OH is 1. The van der Waals surface area contributed by atoms with E-state index < -0.39 is 11.5 Å². The first kappa shape index (κ1) is 20.4. The number of carbonyl (C=O) groups excluding carboxylic acids is 2. The van der Waals surface area contributed by atoms with E-state index >= 15 is 0 Å². The number of rotatable bonds is 3. The summed E-state index contributed by atoms with van der Waals surface area (Å²) in [7, 11) is 0. The van der Waals surface area contributed by atoms with Crippen molar-refractivity contribution < 1.29 is 14.7 Å². The van der Waals surface area contributed by atoms with Crippen molar-refractivity contribution in [2.45, 2.75) is 88.9 Å². The lowest BCUT2D eigenvalue weighted by atomic mass is 9.69. The summed E-state index contributed by atoms with van der Waals surface area (Å²) in [6.45, 7) is 6.54. The maximum absolute atomic E-state index is 13.5. The molecule has 0 aromatic heterocycles. The highest BCUT2D eigenvalue weighted by atomic mass is 16.3. The van der Waals surface area contributed by atoms with E-state index in [1.54, 1.807) is 0 Å². The van der Waals surface area contributed by atoms with E-state index in [9.17, 15) is 14.7 Å². The van der Waals surface area contributed by atoms with Gasteiger partial charge in [-0.15, -0.1) is 0 Å². The van der Waals surface area contributed by atoms with E-state index in [1.165, 1.54) is 0 Å². The molecule has 4 rings (SSSR count). The van der Waals surface area contributed by atoms with Crippen LogP contribution in [0.3, 0.4) is 0 Å². The van der Waals surface area contributed by atoms with Crippen molar-refractivity contribution in [3.63, 3.8) is 0 Å². The van der Waals surface area contributed by atoms with Crippen LogP contribution in [-0.4, -0.2) is 46.1 Å². The summed E-state index contributed by atoms with van der Waals surface area (Å²) in [5.41, 5.74) is 6.96. The van der Waals surface area contributed by atoms with E-state index in [2.05, 4.69) is 31.0 Å². The normalized spacial score (nSPS) is 35.0. The van der Waals surface area contributed by atoms with E-state index in [1.807, 2.05) is 24.3 Å². The maximum atomic E-state index is 13.5. The monoisotopic (exact) mass is 399 g/mol. The first-order chi connectivity index (χ1) is 13.6. The van der Waals surface area contributed by atoms with Crippen LogP contribution in [0, 0.1) is 5.41 Å². The van der Waals surface area contributed by atoms with Crippen LogP contribution in [0.5, 0.6) is 0 Å². The van der Waals surface area contributed by atoms with E-state index in [4.69, 9.17) is 5.73 Å². The molecule has 2 amide bonds. The first-order valence-electron chi connectivity index (χ1n) is 10.8. The fourth-order valence-electron chi connectivity index (χ4n) is 5.86. The molecule has 2 aliphatic heterocycles. The number of nitrogens with two attached hydrogens (primary N) is 1. The number of benzene rings is 1. The van der Waals surface area contributed by atoms with Gasteiger partial charge in [0.2, 0.25) is 11.8 Å². The lowest BCUT2D eigenvalue weighted by Crippen LogP contribution is -2.55. The number of fused-ring (bicyclic) bond motifs is 2. The molecule has 158 valence electrons. The minimum Gasteiger partial charge on any atom is -0.393 e. The van der Waals surface area contributed by atoms with Crippen molar-refractivity contribution in [2.75, 3.05) is 5.32 Å². The number of hydrogen-bond donors (Lipinski definition) is 3. The van der Waals surface area contributed by atoms with Gasteiger partial charge < -0.3 is 16.2 Å². The van der Waals surface area contributed by atoms with Gasteiger partial charge in [-0.2, -0.15) is 0 Å².